The van der Waals surface area contributed by atoms with Crippen molar-refractivity contribution in [2.24, 2.45) is 0 Å². The molecule has 1 N–H and O–H groups in total. The normalized spacial score (nSPS) is 11.1. The number of nitrogens with zero attached hydrogens (tertiary/aromatic N) is 3. The van der Waals surface area contributed by atoms with Gasteiger partial charge in [0.1, 0.15) is 5.69 Å². The van der Waals surface area contributed by atoms with Crippen LogP contribution in [0.15, 0.2) is 24.5 Å². The molecule has 2 rings (SSSR count). The van der Waals surface area contributed by atoms with Crippen molar-refractivity contribution < 1.29 is 13.6 Å². The summed E-state index contributed by atoms with van der Waals surface area (Å²) in [5.41, 5.74) is 1.35. The molecule has 7 heteroatoms. The molecule has 2 aromatic heterocycles. The summed E-state index contributed by atoms with van der Waals surface area (Å²) in [6.07, 6.45) is 3.56. The molecule has 0 saturated carbocycles. The van der Waals surface area contributed by atoms with E-state index in [0.717, 1.165) is 5.56 Å². The number of aromatic nitrogens is 3. The van der Waals surface area contributed by atoms with E-state index in [4.69, 9.17) is 0 Å². The van der Waals surface area contributed by atoms with Crippen molar-refractivity contribution in [2.75, 3.05) is 6.54 Å². The van der Waals surface area contributed by atoms with Crippen molar-refractivity contribution in [1.82, 2.24) is 19.7 Å². The molecular formula is C13H16F2N4O. The largest absolute Gasteiger partial charge is 0.349 e. The first-order chi connectivity index (χ1) is 9.49. The second-order valence-corrected chi connectivity index (χ2v) is 4.54. The van der Waals surface area contributed by atoms with Crippen LogP contribution < -0.4 is 5.32 Å². The molecule has 1 amide bonds. The molecule has 0 aliphatic heterocycles. The summed E-state index contributed by atoms with van der Waals surface area (Å²) >= 11 is 0. The second kappa shape index (κ2) is 5.85. The lowest BCUT2D eigenvalue weighted by atomic mass is 10.4. The number of hydrogen-bond donors (Lipinski definition) is 1. The van der Waals surface area contributed by atoms with Gasteiger partial charge in [0, 0.05) is 18.4 Å². The molecule has 2 heterocycles. The highest BCUT2D eigenvalue weighted by Crippen LogP contribution is 2.18. The summed E-state index contributed by atoms with van der Waals surface area (Å²) in [6.45, 7) is 1.55. The second-order valence-electron chi connectivity index (χ2n) is 4.54. The number of carbonyl (C=O) groups excluding carboxylic acids is 1. The summed E-state index contributed by atoms with van der Waals surface area (Å²) in [7, 11) is 0. The van der Waals surface area contributed by atoms with Gasteiger partial charge in [-0.1, -0.05) is 0 Å². The molecule has 0 spiro atoms. The van der Waals surface area contributed by atoms with Crippen molar-refractivity contribution in [2.45, 2.75) is 26.9 Å². The maximum atomic E-state index is 12.8. The van der Waals surface area contributed by atoms with Gasteiger partial charge in [0.05, 0.1) is 12.7 Å². The Bertz CT molecular complexity index is 603. The number of alkyl halides is 2. The Hall–Kier alpha value is -2.18. The number of nitrogens with one attached hydrogen (secondary N) is 1. The van der Waals surface area contributed by atoms with E-state index in [2.05, 4.69) is 10.4 Å². The Kier molecular flexibility index (Phi) is 4.16. The molecule has 0 radical (unpaired) electrons. The third kappa shape index (κ3) is 3.04. The number of amides is 1. The standard InChI is InChI=1S/C13H16F2N4O/c1-9-7-17-18(8-9)6-5-16-12(20)11-4-3-10(2)19(11)13(14)15/h3-4,7-8,13H,5-6H2,1-2H3,(H,16,20). The zero-order chi connectivity index (χ0) is 14.7. The maximum absolute atomic E-state index is 12.8. The molecule has 0 aliphatic rings. The summed E-state index contributed by atoms with van der Waals surface area (Å²) in [4.78, 5) is 11.9. The summed E-state index contributed by atoms with van der Waals surface area (Å²) in [6, 6.07) is 2.90. The Morgan fingerprint density at radius 3 is 2.75 bits per heavy atom. The van der Waals surface area contributed by atoms with Crippen LogP contribution in [0.3, 0.4) is 0 Å². The molecule has 0 bridgehead atoms. The first-order valence-electron chi connectivity index (χ1n) is 6.22. The van der Waals surface area contributed by atoms with E-state index in [9.17, 15) is 13.6 Å². The van der Waals surface area contributed by atoms with Gasteiger partial charge in [0.2, 0.25) is 0 Å². The lowest BCUT2D eigenvalue weighted by molar-refractivity contribution is 0.0617. The van der Waals surface area contributed by atoms with E-state index >= 15 is 0 Å². The summed E-state index contributed by atoms with van der Waals surface area (Å²) < 4.78 is 28.1. The van der Waals surface area contributed by atoms with Gasteiger partial charge in [-0.15, -0.1) is 0 Å². The van der Waals surface area contributed by atoms with Crippen LogP contribution in [0.5, 0.6) is 0 Å². The van der Waals surface area contributed by atoms with Crippen LogP contribution in [0, 0.1) is 13.8 Å². The Morgan fingerprint density at radius 1 is 1.40 bits per heavy atom. The summed E-state index contributed by atoms with van der Waals surface area (Å²) in [5, 5.41) is 6.69. The van der Waals surface area contributed by atoms with Crippen molar-refractivity contribution in [3.05, 3.63) is 41.5 Å². The maximum Gasteiger partial charge on any atom is 0.319 e. The third-order valence-corrected chi connectivity index (χ3v) is 2.94. The minimum Gasteiger partial charge on any atom is -0.349 e. The smallest absolute Gasteiger partial charge is 0.319 e. The Labute approximate surface area is 115 Å². The Balaban J connectivity index is 1.95. The van der Waals surface area contributed by atoms with Gasteiger partial charge in [0.15, 0.2) is 0 Å². The highest BCUT2D eigenvalue weighted by Gasteiger charge is 2.18. The molecular weight excluding hydrogens is 266 g/mol. The SMILES string of the molecule is Cc1cnn(CCNC(=O)c2ccc(C)n2C(F)F)c1. The highest BCUT2D eigenvalue weighted by molar-refractivity contribution is 5.92. The highest BCUT2D eigenvalue weighted by atomic mass is 19.3. The van der Waals surface area contributed by atoms with Gasteiger partial charge in [0.25, 0.3) is 5.91 Å². The van der Waals surface area contributed by atoms with Crippen molar-refractivity contribution in [3.63, 3.8) is 0 Å². The lowest BCUT2D eigenvalue weighted by Gasteiger charge is -2.10. The number of rotatable bonds is 5. The Morgan fingerprint density at radius 2 is 2.15 bits per heavy atom. The van der Waals surface area contributed by atoms with Crippen molar-refractivity contribution >= 4 is 5.91 Å². The van der Waals surface area contributed by atoms with Gasteiger partial charge in [-0.2, -0.15) is 13.9 Å². The van der Waals surface area contributed by atoms with Crippen LogP contribution >= 0.6 is 0 Å². The van der Waals surface area contributed by atoms with Crippen LogP contribution in [0.4, 0.5) is 8.78 Å². The van der Waals surface area contributed by atoms with Gasteiger partial charge in [-0.05, 0) is 31.5 Å². The van der Waals surface area contributed by atoms with E-state index in [-0.39, 0.29) is 5.69 Å². The molecule has 0 aliphatic carbocycles. The molecule has 0 aromatic carbocycles. The van der Waals surface area contributed by atoms with Crippen LogP contribution in [0.1, 0.15) is 28.3 Å². The van der Waals surface area contributed by atoms with Crippen LogP contribution in [-0.4, -0.2) is 26.8 Å². The topological polar surface area (TPSA) is 51.9 Å². The van der Waals surface area contributed by atoms with Gasteiger partial charge < -0.3 is 5.32 Å². The predicted octanol–water partition coefficient (Wildman–Crippen LogP) is 2.13. The van der Waals surface area contributed by atoms with Gasteiger partial charge >= 0.3 is 6.55 Å². The molecule has 108 valence electrons. The fraction of sp³-hybridized carbons (Fsp3) is 0.385. The summed E-state index contributed by atoms with van der Waals surface area (Å²) in [5.74, 6) is -0.512. The molecule has 2 aromatic rings. The quantitative estimate of drug-likeness (QED) is 0.913. The van der Waals surface area contributed by atoms with E-state index in [1.165, 1.54) is 19.1 Å². The van der Waals surface area contributed by atoms with Gasteiger partial charge in [-0.25, -0.2) is 0 Å². The molecule has 20 heavy (non-hydrogen) atoms. The zero-order valence-corrected chi connectivity index (χ0v) is 11.3. The van der Waals surface area contributed by atoms with E-state index in [0.29, 0.717) is 23.4 Å². The van der Waals surface area contributed by atoms with Crippen molar-refractivity contribution in [1.29, 1.82) is 0 Å². The van der Waals surface area contributed by atoms with Crippen LogP contribution in [0.25, 0.3) is 0 Å². The minimum absolute atomic E-state index is 0.0332. The molecule has 5 nitrogen and oxygen atoms in total. The molecule has 0 fully saturated rings. The number of hydrogen-bond acceptors (Lipinski definition) is 2. The number of halogens is 2. The van der Waals surface area contributed by atoms with E-state index < -0.39 is 12.5 Å². The van der Waals surface area contributed by atoms with Crippen LogP contribution in [0.2, 0.25) is 0 Å². The monoisotopic (exact) mass is 282 g/mol. The molecule has 0 atom stereocenters. The lowest BCUT2D eigenvalue weighted by Crippen LogP contribution is -2.29. The van der Waals surface area contributed by atoms with E-state index in [1.807, 2.05) is 13.1 Å². The average Bonchev–Trinajstić information content (AvgIpc) is 2.95. The van der Waals surface area contributed by atoms with Crippen molar-refractivity contribution in [3.8, 4) is 0 Å². The fourth-order valence-electron chi connectivity index (χ4n) is 1.96. The average molecular weight is 282 g/mol. The minimum atomic E-state index is -2.72. The number of carbonyl (C=O) groups is 1. The van der Waals surface area contributed by atoms with E-state index in [1.54, 1.807) is 10.9 Å². The third-order valence-electron chi connectivity index (χ3n) is 2.94. The van der Waals surface area contributed by atoms with Crippen LogP contribution in [-0.2, 0) is 6.54 Å². The molecule has 0 unspecified atom stereocenters. The fourth-order valence-corrected chi connectivity index (χ4v) is 1.96. The first kappa shape index (κ1) is 14.2. The first-order valence-corrected chi connectivity index (χ1v) is 6.22. The number of aryl methyl sites for hydroxylation is 2. The predicted molar refractivity (Wildman–Crippen MR) is 69.7 cm³/mol. The van der Waals surface area contributed by atoms with Gasteiger partial charge in [-0.3, -0.25) is 14.0 Å². The molecule has 0 saturated heterocycles. The zero-order valence-electron chi connectivity index (χ0n) is 11.3.